The number of hydrogen-bond donors (Lipinski definition) is 1. The highest BCUT2D eigenvalue weighted by Gasteiger charge is 2.07. The highest BCUT2D eigenvalue weighted by atomic mass is 35.5. The molecule has 0 heterocycles. The summed E-state index contributed by atoms with van der Waals surface area (Å²) >= 11 is 11.6. The first kappa shape index (κ1) is 13.5. The minimum Gasteiger partial charge on any atom is -0.328 e. The molecule has 0 bridgehead atoms. The van der Waals surface area contributed by atoms with Gasteiger partial charge in [-0.05, 0) is 31.0 Å². The molecule has 0 aliphatic rings. The second kappa shape index (κ2) is 6.24. The van der Waals surface area contributed by atoms with Gasteiger partial charge in [-0.2, -0.15) is 0 Å². The average molecular weight is 260 g/mol. The molecule has 0 saturated carbocycles. The highest BCUT2D eigenvalue weighted by Crippen LogP contribution is 2.23. The topological polar surface area (TPSA) is 43.1 Å². The van der Waals surface area contributed by atoms with Gasteiger partial charge in [-0.1, -0.05) is 29.3 Å². The quantitative estimate of drug-likeness (QED) is 0.883. The lowest BCUT2D eigenvalue weighted by atomic mass is 10.0. The van der Waals surface area contributed by atoms with Crippen molar-refractivity contribution >= 4 is 29.0 Å². The largest absolute Gasteiger partial charge is 0.328 e. The minimum absolute atomic E-state index is 0.0674. The number of ketones is 1. The molecule has 4 heteroatoms. The number of Topliss-reactive ketones (excluding diaryl/α,β-unsaturated/α-hetero) is 1. The molecule has 0 spiro atoms. The van der Waals surface area contributed by atoms with E-state index < -0.39 is 0 Å². The van der Waals surface area contributed by atoms with E-state index in [0.717, 1.165) is 12.0 Å². The van der Waals surface area contributed by atoms with Crippen LogP contribution in [0.1, 0.15) is 25.3 Å². The lowest BCUT2D eigenvalue weighted by molar-refractivity contribution is -0.118. The van der Waals surface area contributed by atoms with Gasteiger partial charge in [0.25, 0.3) is 0 Å². The van der Waals surface area contributed by atoms with E-state index in [1.54, 1.807) is 12.1 Å². The molecule has 1 aromatic carbocycles. The first-order valence-corrected chi connectivity index (χ1v) is 5.96. The van der Waals surface area contributed by atoms with Crippen LogP contribution >= 0.6 is 23.2 Å². The van der Waals surface area contributed by atoms with Gasteiger partial charge >= 0.3 is 0 Å². The fourth-order valence-corrected chi connectivity index (χ4v) is 1.68. The Morgan fingerprint density at radius 1 is 1.38 bits per heavy atom. The van der Waals surface area contributed by atoms with E-state index in [1.165, 1.54) is 0 Å². The van der Waals surface area contributed by atoms with Gasteiger partial charge in [-0.15, -0.1) is 0 Å². The van der Waals surface area contributed by atoms with Crippen LogP contribution in [0.4, 0.5) is 0 Å². The van der Waals surface area contributed by atoms with E-state index in [1.807, 2.05) is 13.0 Å². The van der Waals surface area contributed by atoms with Crippen molar-refractivity contribution in [1.29, 1.82) is 0 Å². The molecule has 0 aliphatic heterocycles. The van der Waals surface area contributed by atoms with Crippen LogP contribution in [0, 0.1) is 0 Å². The molecule has 0 aliphatic carbocycles. The Morgan fingerprint density at radius 3 is 2.62 bits per heavy atom. The van der Waals surface area contributed by atoms with Crippen molar-refractivity contribution in [3.8, 4) is 0 Å². The molecule has 88 valence electrons. The number of rotatable bonds is 5. The number of nitrogens with two attached hydrogens (primary N) is 1. The van der Waals surface area contributed by atoms with Gasteiger partial charge in [-0.3, -0.25) is 4.79 Å². The fourth-order valence-electron chi connectivity index (χ4n) is 1.35. The summed E-state index contributed by atoms with van der Waals surface area (Å²) in [7, 11) is 0. The molecule has 1 atom stereocenters. The molecule has 0 amide bonds. The average Bonchev–Trinajstić information content (AvgIpc) is 2.21. The molecule has 0 saturated heterocycles. The number of carbonyl (C=O) groups excluding carboxylic acids is 1. The van der Waals surface area contributed by atoms with Crippen molar-refractivity contribution < 1.29 is 4.79 Å². The summed E-state index contributed by atoms with van der Waals surface area (Å²) in [5, 5.41) is 0.993. The van der Waals surface area contributed by atoms with Gasteiger partial charge in [0, 0.05) is 18.9 Å². The van der Waals surface area contributed by atoms with E-state index >= 15 is 0 Å². The second-order valence-electron chi connectivity index (χ2n) is 3.98. The van der Waals surface area contributed by atoms with Gasteiger partial charge in [0.15, 0.2) is 0 Å². The zero-order valence-corrected chi connectivity index (χ0v) is 10.7. The molecule has 1 rings (SSSR count). The molecule has 2 nitrogen and oxygen atoms in total. The maximum Gasteiger partial charge on any atom is 0.137 e. The predicted molar refractivity (Wildman–Crippen MR) is 68.1 cm³/mol. The summed E-state index contributed by atoms with van der Waals surface area (Å²) in [6.45, 7) is 1.90. The molecule has 0 fully saturated rings. The van der Waals surface area contributed by atoms with E-state index in [2.05, 4.69) is 0 Å². The maximum absolute atomic E-state index is 11.6. The normalized spacial score (nSPS) is 12.5. The second-order valence-corrected chi connectivity index (χ2v) is 4.79. The Kier molecular flexibility index (Phi) is 5.26. The summed E-state index contributed by atoms with van der Waals surface area (Å²) in [5.74, 6) is 0.177. The van der Waals surface area contributed by atoms with Crippen molar-refractivity contribution in [3.05, 3.63) is 33.8 Å². The van der Waals surface area contributed by atoms with Crippen molar-refractivity contribution in [2.24, 2.45) is 5.73 Å². The van der Waals surface area contributed by atoms with E-state index in [0.29, 0.717) is 22.9 Å². The van der Waals surface area contributed by atoms with Crippen molar-refractivity contribution in [1.82, 2.24) is 0 Å². The third-order valence-corrected chi connectivity index (χ3v) is 3.00. The van der Waals surface area contributed by atoms with Crippen LogP contribution in [0.2, 0.25) is 10.0 Å². The highest BCUT2D eigenvalue weighted by molar-refractivity contribution is 6.42. The Morgan fingerprint density at radius 2 is 2.06 bits per heavy atom. The van der Waals surface area contributed by atoms with E-state index in [4.69, 9.17) is 28.9 Å². The Balaban J connectivity index is 2.53. The van der Waals surface area contributed by atoms with Crippen molar-refractivity contribution in [3.63, 3.8) is 0 Å². The standard InChI is InChI=1S/C12H15Cl2NO/c1-8(15)2-4-10(16)6-9-3-5-11(13)12(14)7-9/h3,5,7-8H,2,4,6,15H2,1H3. The van der Waals surface area contributed by atoms with Crippen LogP contribution < -0.4 is 5.73 Å². The van der Waals surface area contributed by atoms with Crippen LogP contribution in [0.3, 0.4) is 0 Å². The minimum atomic E-state index is 0.0674. The summed E-state index contributed by atoms with van der Waals surface area (Å²) in [5.41, 5.74) is 6.48. The summed E-state index contributed by atoms with van der Waals surface area (Å²) < 4.78 is 0. The van der Waals surface area contributed by atoms with Crippen molar-refractivity contribution in [2.45, 2.75) is 32.2 Å². The number of halogens is 2. The predicted octanol–water partition coefficient (Wildman–Crippen LogP) is 3.23. The number of benzene rings is 1. The van der Waals surface area contributed by atoms with Gasteiger partial charge in [0.1, 0.15) is 5.78 Å². The first-order valence-electron chi connectivity index (χ1n) is 5.20. The van der Waals surface area contributed by atoms with Crippen LogP contribution in [0.5, 0.6) is 0 Å². The van der Waals surface area contributed by atoms with E-state index in [9.17, 15) is 4.79 Å². The Bertz CT molecular complexity index is 377. The fraction of sp³-hybridized carbons (Fsp3) is 0.417. The van der Waals surface area contributed by atoms with Crippen LogP contribution in [-0.4, -0.2) is 11.8 Å². The molecule has 1 unspecified atom stereocenters. The van der Waals surface area contributed by atoms with Gasteiger partial charge in [0.05, 0.1) is 10.0 Å². The third-order valence-electron chi connectivity index (χ3n) is 2.26. The van der Waals surface area contributed by atoms with Gasteiger partial charge < -0.3 is 5.73 Å². The Labute approximate surface area is 106 Å². The van der Waals surface area contributed by atoms with E-state index in [-0.39, 0.29) is 11.8 Å². The number of hydrogen-bond acceptors (Lipinski definition) is 2. The van der Waals surface area contributed by atoms with Crippen LogP contribution in [0.15, 0.2) is 18.2 Å². The molecular formula is C12H15Cl2NO. The monoisotopic (exact) mass is 259 g/mol. The van der Waals surface area contributed by atoms with Crippen molar-refractivity contribution in [2.75, 3.05) is 0 Å². The molecule has 16 heavy (non-hydrogen) atoms. The SMILES string of the molecule is CC(N)CCC(=O)Cc1ccc(Cl)c(Cl)c1. The first-order chi connectivity index (χ1) is 7.49. The summed E-state index contributed by atoms with van der Waals surface area (Å²) in [6.07, 6.45) is 1.63. The summed E-state index contributed by atoms with van der Waals surface area (Å²) in [6, 6.07) is 5.32. The molecule has 0 aromatic heterocycles. The van der Waals surface area contributed by atoms with Crippen LogP contribution in [0.25, 0.3) is 0 Å². The Hall–Kier alpha value is -0.570. The molecule has 0 radical (unpaired) electrons. The smallest absolute Gasteiger partial charge is 0.137 e. The molecule has 2 N–H and O–H groups in total. The third kappa shape index (κ3) is 4.52. The van der Waals surface area contributed by atoms with Gasteiger partial charge in [0.2, 0.25) is 0 Å². The maximum atomic E-state index is 11.6. The number of carbonyl (C=O) groups is 1. The molecular weight excluding hydrogens is 245 g/mol. The lowest BCUT2D eigenvalue weighted by Crippen LogP contribution is -2.16. The zero-order chi connectivity index (χ0) is 12.1. The zero-order valence-electron chi connectivity index (χ0n) is 9.17. The lowest BCUT2D eigenvalue weighted by Gasteiger charge is -2.05. The van der Waals surface area contributed by atoms with Gasteiger partial charge in [-0.25, -0.2) is 0 Å². The van der Waals surface area contributed by atoms with Crippen LogP contribution in [-0.2, 0) is 11.2 Å². The molecule has 1 aromatic rings. The summed E-state index contributed by atoms with van der Waals surface area (Å²) in [4.78, 5) is 11.6.